The standard InChI is InChI=1S/C20H29NO6/c1-13(2)10-16(20(24)25-5)21-18(22)12-27-19(23)8-9-26-17-11-14(3)6-7-15(17)4/h6-7,11,13,16H,8-10,12H2,1-5H3,(H,21,22). The molecular formula is C20H29NO6. The molecule has 0 fully saturated rings. The molecule has 7 nitrogen and oxygen atoms in total. The summed E-state index contributed by atoms with van der Waals surface area (Å²) in [5.41, 5.74) is 2.05. The Morgan fingerprint density at radius 2 is 1.85 bits per heavy atom. The van der Waals surface area contributed by atoms with E-state index in [0.29, 0.717) is 6.42 Å². The average Bonchev–Trinajstić information content (AvgIpc) is 2.61. The Balaban J connectivity index is 2.37. The molecule has 0 saturated carbocycles. The van der Waals surface area contributed by atoms with Crippen LogP contribution in [0.25, 0.3) is 0 Å². The predicted molar refractivity (Wildman–Crippen MR) is 100 cm³/mol. The molecule has 1 unspecified atom stereocenters. The Kier molecular flexibility index (Phi) is 9.33. The SMILES string of the molecule is COC(=O)C(CC(C)C)NC(=O)COC(=O)CCOc1cc(C)ccc1C. The Bertz CT molecular complexity index is 656. The van der Waals surface area contributed by atoms with Crippen LogP contribution < -0.4 is 10.1 Å². The molecule has 27 heavy (non-hydrogen) atoms. The van der Waals surface area contributed by atoms with Gasteiger partial charge >= 0.3 is 11.9 Å². The molecule has 0 aliphatic heterocycles. The number of amides is 1. The Morgan fingerprint density at radius 3 is 2.48 bits per heavy atom. The lowest BCUT2D eigenvalue weighted by Crippen LogP contribution is -2.44. The molecule has 1 N–H and O–H groups in total. The first kappa shape index (κ1) is 22.5. The molecule has 1 amide bonds. The van der Waals surface area contributed by atoms with E-state index in [1.165, 1.54) is 7.11 Å². The van der Waals surface area contributed by atoms with Crippen molar-refractivity contribution >= 4 is 17.8 Å². The third-order valence-corrected chi connectivity index (χ3v) is 3.80. The molecular weight excluding hydrogens is 350 g/mol. The summed E-state index contributed by atoms with van der Waals surface area (Å²) in [6, 6.07) is 5.07. The zero-order valence-corrected chi connectivity index (χ0v) is 16.7. The van der Waals surface area contributed by atoms with Crippen molar-refractivity contribution in [2.24, 2.45) is 5.92 Å². The fourth-order valence-corrected chi connectivity index (χ4v) is 2.39. The topological polar surface area (TPSA) is 90.9 Å². The van der Waals surface area contributed by atoms with E-state index in [1.807, 2.05) is 45.9 Å². The maximum atomic E-state index is 11.9. The second-order valence-electron chi connectivity index (χ2n) is 6.80. The second-order valence-corrected chi connectivity index (χ2v) is 6.80. The molecule has 150 valence electrons. The monoisotopic (exact) mass is 379 g/mol. The molecule has 1 aromatic rings. The van der Waals surface area contributed by atoms with Crippen LogP contribution in [0.1, 0.15) is 37.8 Å². The molecule has 0 saturated heterocycles. The largest absolute Gasteiger partial charge is 0.493 e. The summed E-state index contributed by atoms with van der Waals surface area (Å²) in [4.78, 5) is 35.4. The number of rotatable bonds is 10. The van der Waals surface area contributed by atoms with Crippen molar-refractivity contribution in [3.8, 4) is 5.75 Å². The van der Waals surface area contributed by atoms with Gasteiger partial charge in [-0.15, -0.1) is 0 Å². The number of nitrogens with one attached hydrogen (secondary N) is 1. The van der Waals surface area contributed by atoms with Gasteiger partial charge in [0.25, 0.3) is 5.91 Å². The minimum atomic E-state index is -0.756. The van der Waals surface area contributed by atoms with Gasteiger partial charge in [0, 0.05) is 0 Å². The number of carbonyl (C=O) groups excluding carboxylic acids is 3. The van der Waals surface area contributed by atoms with Crippen LogP contribution in [0.3, 0.4) is 0 Å². The van der Waals surface area contributed by atoms with Gasteiger partial charge in [-0.2, -0.15) is 0 Å². The van der Waals surface area contributed by atoms with Gasteiger partial charge in [0.2, 0.25) is 0 Å². The van der Waals surface area contributed by atoms with E-state index in [0.717, 1.165) is 16.9 Å². The zero-order chi connectivity index (χ0) is 20.4. The van der Waals surface area contributed by atoms with Gasteiger partial charge in [0.05, 0.1) is 20.1 Å². The van der Waals surface area contributed by atoms with Crippen LogP contribution in [-0.4, -0.2) is 44.2 Å². The number of hydrogen-bond donors (Lipinski definition) is 1. The van der Waals surface area contributed by atoms with Gasteiger partial charge in [-0.05, 0) is 43.4 Å². The lowest BCUT2D eigenvalue weighted by molar-refractivity contribution is -0.150. The molecule has 0 spiro atoms. The van der Waals surface area contributed by atoms with Gasteiger partial charge in [-0.3, -0.25) is 9.59 Å². The third-order valence-electron chi connectivity index (χ3n) is 3.80. The highest BCUT2D eigenvalue weighted by atomic mass is 16.5. The van der Waals surface area contributed by atoms with Crippen LogP contribution in [0.15, 0.2) is 18.2 Å². The van der Waals surface area contributed by atoms with Gasteiger partial charge in [0.1, 0.15) is 11.8 Å². The lowest BCUT2D eigenvalue weighted by Gasteiger charge is -2.18. The van der Waals surface area contributed by atoms with Gasteiger partial charge in [-0.1, -0.05) is 26.0 Å². The molecule has 0 aliphatic rings. The summed E-state index contributed by atoms with van der Waals surface area (Å²) in [7, 11) is 1.26. The van der Waals surface area contributed by atoms with Crippen molar-refractivity contribution in [3.63, 3.8) is 0 Å². The molecule has 7 heteroatoms. The average molecular weight is 379 g/mol. The maximum absolute atomic E-state index is 11.9. The fraction of sp³-hybridized carbons (Fsp3) is 0.550. The van der Waals surface area contributed by atoms with Crippen LogP contribution in [0, 0.1) is 19.8 Å². The highest BCUT2D eigenvalue weighted by Crippen LogP contribution is 2.19. The molecule has 0 radical (unpaired) electrons. The number of methoxy groups -OCH3 is 1. The maximum Gasteiger partial charge on any atom is 0.328 e. The Labute approximate surface area is 160 Å². The minimum Gasteiger partial charge on any atom is -0.493 e. The van der Waals surface area contributed by atoms with Crippen LogP contribution >= 0.6 is 0 Å². The summed E-state index contributed by atoms with van der Waals surface area (Å²) in [5, 5.41) is 2.53. The number of aryl methyl sites for hydroxylation is 2. The van der Waals surface area contributed by atoms with E-state index >= 15 is 0 Å². The molecule has 0 aliphatic carbocycles. The highest BCUT2D eigenvalue weighted by molar-refractivity contribution is 5.86. The summed E-state index contributed by atoms with van der Waals surface area (Å²) < 4.78 is 15.2. The van der Waals surface area contributed by atoms with E-state index < -0.39 is 30.5 Å². The third kappa shape index (κ3) is 8.57. The van der Waals surface area contributed by atoms with Crippen molar-refractivity contribution in [3.05, 3.63) is 29.3 Å². The smallest absolute Gasteiger partial charge is 0.328 e. The summed E-state index contributed by atoms with van der Waals surface area (Å²) >= 11 is 0. The quantitative estimate of drug-likeness (QED) is 0.628. The van der Waals surface area contributed by atoms with Crippen LogP contribution in [0.4, 0.5) is 0 Å². The van der Waals surface area contributed by atoms with Crippen molar-refractivity contribution in [2.45, 2.75) is 46.6 Å². The highest BCUT2D eigenvalue weighted by Gasteiger charge is 2.23. The van der Waals surface area contributed by atoms with Crippen molar-refractivity contribution in [1.82, 2.24) is 5.32 Å². The van der Waals surface area contributed by atoms with E-state index in [2.05, 4.69) is 10.1 Å². The molecule has 1 atom stereocenters. The van der Waals surface area contributed by atoms with E-state index in [9.17, 15) is 14.4 Å². The first-order chi connectivity index (χ1) is 12.7. The van der Waals surface area contributed by atoms with E-state index in [1.54, 1.807) is 0 Å². The summed E-state index contributed by atoms with van der Waals surface area (Å²) in [6.07, 6.45) is 0.461. The molecule has 1 rings (SSSR count). The zero-order valence-electron chi connectivity index (χ0n) is 16.7. The number of carbonyl (C=O) groups is 3. The normalized spacial score (nSPS) is 11.6. The van der Waals surface area contributed by atoms with Crippen LogP contribution in [-0.2, 0) is 23.9 Å². The van der Waals surface area contributed by atoms with Crippen LogP contribution in [0.5, 0.6) is 5.75 Å². The fourth-order valence-electron chi connectivity index (χ4n) is 2.39. The minimum absolute atomic E-state index is 0.0209. The first-order valence-electron chi connectivity index (χ1n) is 8.95. The lowest BCUT2D eigenvalue weighted by atomic mass is 10.0. The molecule has 0 heterocycles. The van der Waals surface area contributed by atoms with Crippen LogP contribution in [0.2, 0.25) is 0 Å². The van der Waals surface area contributed by atoms with E-state index in [-0.39, 0.29) is 18.9 Å². The van der Waals surface area contributed by atoms with Gasteiger partial charge in [-0.25, -0.2) is 4.79 Å². The number of esters is 2. The molecule has 0 bridgehead atoms. The Morgan fingerprint density at radius 1 is 1.15 bits per heavy atom. The molecule has 0 aromatic heterocycles. The number of benzene rings is 1. The summed E-state index contributed by atoms with van der Waals surface area (Å²) in [5.74, 6) is -0.705. The molecule has 1 aromatic carbocycles. The van der Waals surface area contributed by atoms with Gasteiger partial charge < -0.3 is 19.5 Å². The van der Waals surface area contributed by atoms with Crippen molar-refractivity contribution < 1.29 is 28.6 Å². The van der Waals surface area contributed by atoms with E-state index in [4.69, 9.17) is 9.47 Å². The predicted octanol–water partition coefficient (Wildman–Crippen LogP) is 2.32. The number of hydrogen-bond acceptors (Lipinski definition) is 6. The Hall–Kier alpha value is -2.57. The summed E-state index contributed by atoms with van der Waals surface area (Å²) in [6.45, 7) is 7.44. The first-order valence-corrected chi connectivity index (χ1v) is 8.95. The van der Waals surface area contributed by atoms with Crippen molar-refractivity contribution in [2.75, 3.05) is 20.3 Å². The van der Waals surface area contributed by atoms with Crippen molar-refractivity contribution in [1.29, 1.82) is 0 Å². The number of ether oxygens (including phenoxy) is 3. The second kappa shape index (κ2) is 11.2. The van der Waals surface area contributed by atoms with Gasteiger partial charge in [0.15, 0.2) is 6.61 Å².